The summed E-state index contributed by atoms with van der Waals surface area (Å²) in [5.41, 5.74) is 0.428. The maximum Gasteiger partial charge on any atom is 0.253 e. The van der Waals surface area contributed by atoms with Gasteiger partial charge in [-0.15, -0.1) is 0 Å². The van der Waals surface area contributed by atoms with Crippen molar-refractivity contribution in [1.29, 1.82) is 0 Å². The number of hydrogen-bond acceptors (Lipinski definition) is 4. The Hall–Kier alpha value is -1.44. The fourth-order valence-electron chi connectivity index (χ4n) is 2.09. The van der Waals surface area contributed by atoms with Gasteiger partial charge in [-0.2, -0.15) is 0 Å². The summed E-state index contributed by atoms with van der Waals surface area (Å²) in [6, 6.07) is 5.86. The Morgan fingerprint density at radius 3 is 2.35 bits per heavy atom. The number of rotatable bonds is 3. The standard InChI is InChI=1S/C13H18N2O4S/c1-14(2)20(18,19)12-5-3-10(4-6-12)13(17)15-8-7-11(16)9-15/h3-6,11,16H,7-9H2,1-2H3. The van der Waals surface area contributed by atoms with Gasteiger partial charge in [0.2, 0.25) is 10.0 Å². The Labute approximate surface area is 118 Å². The molecule has 110 valence electrons. The third-order valence-corrected chi connectivity index (χ3v) is 5.16. The Morgan fingerprint density at radius 1 is 1.30 bits per heavy atom. The molecule has 1 N–H and O–H groups in total. The van der Waals surface area contributed by atoms with Crippen LogP contribution in [0.25, 0.3) is 0 Å². The van der Waals surface area contributed by atoms with E-state index in [2.05, 4.69) is 0 Å². The van der Waals surface area contributed by atoms with E-state index in [1.807, 2.05) is 0 Å². The number of aliphatic hydroxyl groups excluding tert-OH is 1. The second kappa shape index (κ2) is 5.51. The van der Waals surface area contributed by atoms with Crippen LogP contribution in [0.2, 0.25) is 0 Å². The largest absolute Gasteiger partial charge is 0.391 e. The summed E-state index contributed by atoms with van der Waals surface area (Å²) in [6.45, 7) is 0.855. The molecule has 0 aliphatic carbocycles. The lowest BCUT2D eigenvalue weighted by molar-refractivity contribution is 0.0765. The maximum absolute atomic E-state index is 12.1. The molecule has 1 atom stereocenters. The normalized spacial score (nSPS) is 19.6. The molecule has 1 aliphatic heterocycles. The maximum atomic E-state index is 12.1. The first-order valence-corrected chi connectivity index (χ1v) is 7.76. The minimum Gasteiger partial charge on any atom is -0.391 e. The van der Waals surface area contributed by atoms with Gasteiger partial charge in [-0.25, -0.2) is 12.7 Å². The second-order valence-electron chi connectivity index (χ2n) is 5.01. The van der Waals surface area contributed by atoms with Gasteiger partial charge < -0.3 is 10.0 Å². The van der Waals surface area contributed by atoms with E-state index in [9.17, 15) is 18.3 Å². The summed E-state index contributed by atoms with van der Waals surface area (Å²) in [6.07, 6.45) is 0.117. The molecule has 0 radical (unpaired) electrons. The molecule has 1 fully saturated rings. The Kier molecular flexibility index (Phi) is 4.12. The molecular formula is C13H18N2O4S. The molecule has 0 bridgehead atoms. The van der Waals surface area contributed by atoms with Gasteiger partial charge in [-0.3, -0.25) is 4.79 Å². The third kappa shape index (κ3) is 2.84. The van der Waals surface area contributed by atoms with E-state index >= 15 is 0 Å². The zero-order valence-corrected chi connectivity index (χ0v) is 12.3. The molecule has 1 unspecified atom stereocenters. The number of sulfonamides is 1. The van der Waals surface area contributed by atoms with Gasteiger partial charge >= 0.3 is 0 Å². The van der Waals surface area contributed by atoms with Crippen LogP contribution in [-0.4, -0.2) is 61.9 Å². The quantitative estimate of drug-likeness (QED) is 0.861. The van der Waals surface area contributed by atoms with Crippen molar-refractivity contribution in [3.8, 4) is 0 Å². The molecule has 1 aromatic rings. The van der Waals surface area contributed by atoms with Gasteiger partial charge in [0.1, 0.15) is 0 Å². The van der Waals surface area contributed by atoms with Crippen molar-refractivity contribution in [2.24, 2.45) is 0 Å². The van der Waals surface area contributed by atoms with Gasteiger partial charge in [0.05, 0.1) is 11.0 Å². The summed E-state index contributed by atoms with van der Waals surface area (Å²) >= 11 is 0. The molecule has 6 nitrogen and oxygen atoms in total. The molecule has 20 heavy (non-hydrogen) atoms. The monoisotopic (exact) mass is 298 g/mol. The lowest BCUT2D eigenvalue weighted by Crippen LogP contribution is -2.29. The average molecular weight is 298 g/mol. The van der Waals surface area contributed by atoms with Gasteiger partial charge in [-0.05, 0) is 30.7 Å². The molecular weight excluding hydrogens is 280 g/mol. The number of carbonyl (C=O) groups excluding carboxylic acids is 1. The molecule has 0 spiro atoms. The van der Waals surface area contributed by atoms with Crippen LogP contribution in [0.3, 0.4) is 0 Å². The lowest BCUT2D eigenvalue weighted by Gasteiger charge is -2.16. The fourth-order valence-corrected chi connectivity index (χ4v) is 2.99. The Balaban J connectivity index is 2.19. The van der Waals surface area contributed by atoms with Crippen LogP contribution >= 0.6 is 0 Å². The predicted octanol–water partition coefficient (Wildman–Crippen LogP) is 0.144. The SMILES string of the molecule is CN(C)S(=O)(=O)c1ccc(C(=O)N2CCC(O)C2)cc1. The van der Waals surface area contributed by atoms with Crippen LogP contribution in [0.5, 0.6) is 0 Å². The highest BCUT2D eigenvalue weighted by atomic mass is 32.2. The number of hydrogen-bond donors (Lipinski definition) is 1. The molecule has 7 heteroatoms. The van der Waals surface area contributed by atoms with Crippen molar-refractivity contribution in [2.45, 2.75) is 17.4 Å². The number of benzene rings is 1. The number of β-amino-alcohol motifs (C(OH)–C–C–N with tert-alkyl or cyclic N) is 1. The van der Waals surface area contributed by atoms with Crippen molar-refractivity contribution in [2.75, 3.05) is 27.2 Å². The van der Waals surface area contributed by atoms with E-state index in [-0.39, 0.29) is 10.8 Å². The van der Waals surface area contributed by atoms with E-state index in [1.165, 1.54) is 38.4 Å². The van der Waals surface area contributed by atoms with E-state index in [4.69, 9.17) is 0 Å². The lowest BCUT2D eigenvalue weighted by atomic mass is 10.2. The minimum absolute atomic E-state index is 0.153. The summed E-state index contributed by atoms with van der Waals surface area (Å²) in [5.74, 6) is -0.185. The number of carbonyl (C=O) groups is 1. The van der Waals surface area contributed by atoms with Crippen molar-refractivity contribution < 1.29 is 18.3 Å². The van der Waals surface area contributed by atoms with Gasteiger partial charge in [0.15, 0.2) is 0 Å². The Morgan fingerprint density at radius 2 is 1.90 bits per heavy atom. The first-order chi connectivity index (χ1) is 9.32. The highest BCUT2D eigenvalue weighted by molar-refractivity contribution is 7.89. The molecule has 0 saturated carbocycles. The smallest absolute Gasteiger partial charge is 0.253 e. The highest BCUT2D eigenvalue weighted by Gasteiger charge is 2.25. The first-order valence-electron chi connectivity index (χ1n) is 6.32. The Bertz CT molecular complexity index is 595. The van der Waals surface area contributed by atoms with Crippen molar-refractivity contribution in [1.82, 2.24) is 9.21 Å². The van der Waals surface area contributed by atoms with Crippen LogP contribution in [0.15, 0.2) is 29.2 Å². The van der Waals surface area contributed by atoms with E-state index < -0.39 is 16.1 Å². The summed E-state index contributed by atoms with van der Waals surface area (Å²) in [7, 11) is -0.562. The zero-order valence-electron chi connectivity index (χ0n) is 11.5. The summed E-state index contributed by atoms with van der Waals surface area (Å²) in [5, 5.41) is 9.43. The number of likely N-dealkylation sites (tertiary alicyclic amines) is 1. The fraction of sp³-hybridized carbons (Fsp3) is 0.462. The molecule has 1 aromatic carbocycles. The highest BCUT2D eigenvalue weighted by Crippen LogP contribution is 2.17. The van der Waals surface area contributed by atoms with E-state index in [0.717, 1.165) is 4.31 Å². The van der Waals surface area contributed by atoms with Gasteiger partial charge in [-0.1, -0.05) is 0 Å². The minimum atomic E-state index is -3.48. The summed E-state index contributed by atoms with van der Waals surface area (Å²) < 4.78 is 24.9. The average Bonchev–Trinajstić information content (AvgIpc) is 2.84. The van der Waals surface area contributed by atoms with Crippen LogP contribution < -0.4 is 0 Å². The van der Waals surface area contributed by atoms with Gasteiger partial charge in [0.25, 0.3) is 5.91 Å². The topological polar surface area (TPSA) is 77.9 Å². The second-order valence-corrected chi connectivity index (χ2v) is 7.16. The zero-order chi connectivity index (χ0) is 14.9. The van der Waals surface area contributed by atoms with E-state index in [0.29, 0.717) is 25.1 Å². The molecule has 1 heterocycles. The van der Waals surface area contributed by atoms with Crippen LogP contribution in [0, 0.1) is 0 Å². The van der Waals surface area contributed by atoms with Crippen molar-refractivity contribution >= 4 is 15.9 Å². The van der Waals surface area contributed by atoms with Crippen LogP contribution in [0.4, 0.5) is 0 Å². The number of amides is 1. The van der Waals surface area contributed by atoms with Gasteiger partial charge in [0, 0.05) is 32.7 Å². The summed E-state index contributed by atoms with van der Waals surface area (Å²) in [4.78, 5) is 13.9. The van der Waals surface area contributed by atoms with Crippen molar-refractivity contribution in [3.63, 3.8) is 0 Å². The third-order valence-electron chi connectivity index (χ3n) is 3.33. The predicted molar refractivity (Wildman–Crippen MR) is 73.8 cm³/mol. The van der Waals surface area contributed by atoms with Crippen LogP contribution in [-0.2, 0) is 10.0 Å². The first kappa shape index (κ1) is 15.0. The molecule has 1 saturated heterocycles. The molecule has 0 aromatic heterocycles. The molecule has 1 aliphatic rings. The number of aliphatic hydroxyl groups is 1. The van der Waals surface area contributed by atoms with Crippen molar-refractivity contribution in [3.05, 3.63) is 29.8 Å². The molecule has 1 amide bonds. The van der Waals surface area contributed by atoms with Crippen LogP contribution in [0.1, 0.15) is 16.8 Å². The van der Waals surface area contributed by atoms with E-state index in [1.54, 1.807) is 4.90 Å². The molecule has 2 rings (SSSR count). The number of nitrogens with zero attached hydrogens (tertiary/aromatic N) is 2.